The fourth-order valence-electron chi connectivity index (χ4n) is 5.05. The summed E-state index contributed by atoms with van der Waals surface area (Å²) in [7, 11) is 0. The highest BCUT2D eigenvalue weighted by Crippen LogP contribution is 2.29. The molecule has 246 valence electrons. The summed E-state index contributed by atoms with van der Waals surface area (Å²) >= 11 is 1.37. The summed E-state index contributed by atoms with van der Waals surface area (Å²) < 4.78 is 5.89. The molecule has 0 spiro atoms. The van der Waals surface area contributed by atoms with Crippen molar-refractivity contribution >= 4 is 23.4 Å². The number of fused-ring (bicyclic) bond motifs is 2. The Bertz CT molecular complexity index is 1180. The van der Waals surface area contributed by atoms with Crippen LogP contribution in [0, 0.1) is 5.92 Å². The van der Waals surface area contributed by atoms with Gasteiger partial charge in [-0.15, -0.1) is 11.3 Å². The molecule has 9 heteroatoms. The summed E-state index contributed by atoms with van der Waals surface area (Å²) in [5.41, 5.74) is 2.53. The normalized spacial score (nSPS) is 29.4. The average molecular weight is 632 g/mol. The quantitative estimate of drug-likeness (QED) is 0.125. The Kier molecular flexibility index (Phi) is 16.5. The van der Waals surface area contributed by atoms with Crippen LogP contribution in [0.5, 0.6) is 0 Å². The second kappa shape index (κ2) is 19.2. The predicted molar refractivity (Wildman–Crippen MR) is 177 cm³/mol. The summed E-state index contributed by atoms with van der Waals surface area (Å²) in [6, 6.07) is 0. The van der Waals surface area contributed by atoms with E-state index in [0.717, 1.165) is 31.3 Å². The Morgan fingerprint density at radius 3 is 2.55 bits per heavy atom. The molecule has 0 aliphatic carbocycles. The summed E-state index contributed by atoms with van der Waals surface area (Å²) in [6.45, 7) is 11.2. The number of hydrogen-bond acceptors (Lipinski definition) is 9. The van der Waals surface area contributed by atoms with Crippen LogP contribution in [0.25, 0.3) is 6.08 Å². The molecule has 0 saturated heterocycles. The Morgan fingerprint density at radius 2 is 1.86 bits per heavy atom. The van der Waals surface area contributed by atoms with Crippen LogP contribution in [0.4, 0.5) is 0 Å². The van der Waals surface area contributed by atoms with Crippen molar-refractivity contribution in [3.63, 3.8) is 0 Å². The lowest BCUT2D eigenvalue weighted by molar-refractivity contribution is -0.165. The van der Waals surface area contributed by atoms with Crippen molar-refractivity contribution in [1.29, 1.82) is 0 Å². The fraction of sp³-hybridized carbons (Fsp3) is 0.600. The van der Waals surface area contributed by atoms with E-state index in [1.54, 1.807) is 44.2 Å². The molecular formula is C35H53NO7S. The molecule has 44 heavy (non-hydrogen) atoms. The van der Waals surface area contributed by atoms with Gasteiger partial charge in [-0.2, -0.15) is 0 Å². The van der Waals surface area contributed by atoms with E-state index in [1.165, 1.54) is 11.3 Å². The van der Waals surface area contributed by atoms with E-state index in [1.807, 2.05) is 38.3 Å². The number of carbonyl (C=O) groups is 1. The maximum atomic E-state index is 13.7. The van der Waals surface area contributed by atoms with E-state index >= 15 is 0 Å². The maximum absolute atomic E-state index is 13.7. The number of nitrogens with zero attached hydrogens (tertiary/aromatic N) is 1. The predicted octanol–water partition coefficient (Wildman–Crippen LogP) is 5.77. The maximum Gasteiger partial charge on any atom is 0.334 e. The zero-order chi connectivity index (χ0) is 32.8. The van der Waals surface area contributed by atoms with Gasteiger partial charge >= 0.3 is 5.97 Å². The second-order valence-electron chi connectivity index (χ2n) is 12.0. The number of unbranched alkanes of at least 4 members (excludes halogenated alkanes) is 3. The smallest absolute Gasteiger partial charge is 0.334 e. The number of thiazole rings is 1. The van der Waals surface area contributed by atoms with Crippen molar-refractivity contribution in [3.05, 3.63) is 69.3 Å². The van der Waals surface area contributed by atoms with E-state index in [2.05, 4.69) is 11.9 Å². The summed E-state index contributed by atoms with van der Waals surface area (Å²) in [5, 5.41) is 57.3. The number of carbonyl (C=O) groups excluding carboxylic acids is 1. The third kappa shape index (κ3) is 11.8. The highest BCUT2D eigenvalue weighted by molar-refractivity contribution is 7.09. The van der Waals surface area contributed by atoms with Crippen molar-refractivity contribution in [2.75, 3.05) is 0 Å². The van der Waals surface area contributed by atoms with E-state index in [4.69, 9.17) is 4.74 Å². The van der Waals surface area contributed by atoms with Crippen molar-refractivity contribution in [3.8, 4) is 0 Å². The zero-order valence-corrected chi connectivity index (χ0v) is 27.9. The zero-order valence-electron chi connectivity index (χ0n) is 27.1. The summed E-state index contributed by atoms with van der Waals surface area (Å²) in [4.78, 5) is 18.3. The largest absolute Gasteiger partial charge is 0.453 e. The number of aliphatic hydroxyl groups excluding tert-OH is 5. The molecule has 0 fully saturated rings. The van der Waals surface area contributed by atoms with Crippen LogP contribution in [-0.4, -0.2) is 73.1 Å². The molecule has 5 N–H and O–H groups in total. The first-order chi connectivity index (χ1) is 20.9. The minimum atomic E-state index is -1.37. The van der Waals surface area contributed by atoms with Gasteiger partial charge in [-0.3, -0.25) is 0 Å². The van der Waals surface area contributed by atoms with Crippen LogP contribution in [0.3, 0.4) is 0 Å². The molecule has 0 amide bonds. The Hall–Kier alpha value is -2.40. The lowest BCUT2D eigenvalue weighted by Crippen LogP contribution is -2.47. The molecule has 0 aromatic carbocycles. The number of cyclic esters (lactones) is 1. The average Bonchev–Trinajstić information content (AvgIpc) is 3.47. The Balaban J connectivity index is 2.50. The van der Waals surface area contributed by atoms with Crippen LogP contribution in [0.15, 0.2) is 58.6 Å². The van der Waals surface area contributed by atoms with E-state index in [0.29, 0.717) is 28.3 Å². The number of allylic oxidation sites excluding steroid dienone is 5. The first-order valence-corrected chi connectivity index (χ1v) is 16.7. The van der Waals surface area contributed by atoms with Gasteiger partial charge in [-0.1, -0.05) is 82.1 Å². The molecule has 2 heterocycles. The van der Waals surface area contributed by atoms with Gasteiger partial charge in [0.15, 0.2) is 6.10 Å². The van der Waals surface area contributed by atoms with E-state index < -0.39 is 48.5 Å². The van der Waals surface area contributed by atoms with Crippen molar-refractivity contribution in [2.24, 2.45) is 5.92 Å². The number of esters is 1. The lowest BCUT2D eigenvalue weighted by Gasteiger charge is -2.33. The third-order valence-electron chi connectivity index (χ3n) is 8.20. The molecule has 0 radical (unpaired) electrons. The standard InChI is InChI=1S/C35H53NO7S/c1-7-9-10-12-15-26-19-27-21-44-34(36-27)24(5)30(39)20-28(37)16-13-11-14-17-29(38)33(43-35(26)42)32(41)25(6)31(40)23(4)18-22(3)8-2/h8,11,13-14,16,18-19,21,24-25,28-33,37-41H,7,9-10,12,15,17,20H2,1-6H3/b14-11-,16-13+,22-8+,23-18+,26-19+/t24-,25+,28-,29+,30+,31-,32-,33-/m1/s1. The van der Waals surface area contributed by atoms with Crippen molar-refractivity contribution in [2.45, 2.75) is 129 Å². The Morgan fingerprint density at radius 1 is 1.14 bits per heavy atom. The summed E-state index contributed by atoms with van der Waals surface area (Å²) in [6.07, 6.45) is 9.58. The molecule has 1 aromatic rings. The number of rotatable bonds is 10. The van der Waals surface area contributed by atoms with Gasteiger partial charge in [0.1, 0.15) is 0 Å². The fourth-order valence-corrected chi connectivity index (χ4v) is 5.94. The third-order valence-corrected chi connectivity index (χ3v) is 9.27. The number of hydrogen-bond donors (Lipinski definition) is 5. The molecule has 1 aliphatic heterocycles. The minimum absolute atomic E-state index is 0.0510. The van der Waals surface area contributed by atoms with E-state index in [-0.39, 0.29) is 18.8 Å². The van der Waals surface area contributed by atoms with Gasteiger partial charge in [0.05, 0.1) is 41.2 Å². The van der Waals surface area contributed by atoms with Crippen LogP contribution in [-0.2, 0) is 9.53 Å². The molecular weight excluding hydrogens is 578 g/mol. The van der Waals surface area contributed by atoms with Gasteiger partial charge in [0.25, 0.3) is 0 Å². The highest BCUT2D eigenvalue weighted by Gasteiger charge is 2.37. The molecule has 2 bridgehead atoms. The van der Waals surface area contributed by atoms with Gasteiger partial charge in [-0.25, -0.2) is 9.78 Å². The van der Waals surface area contributed by atoms with Crippen LogP contribution < -0.4 is 0 Å². The van der Waals surface area contributed by atoms with Crippen molar-refractivity contribution in [1.82, 2.24) is 4.98 Å². The van der Waals surface area contributed by atoms with Gasteiger partial charge in [0.2, 0.25) is 0 Å². The van der Waals surface area contributed by atoms with Gasteiger partial charge in [-0.05, 0) is 51.7 Å². The molecule has 0 unspecified atom stereocenters. The van der Waals surface area contributed by atoms with Crippen LogP contribution >= 0.6 is 11.3 Å². The molecule has 1 aliphatic rings. The number of aliphatic hydroxyl groups is 5. The molecule has 1 aromatic heterocycles. The molecule has 8 nitrogen and oxygen atoms in total. The SMILES string of the molecule is C/C=C(C)/C=C(\C)[C@@H](O)[C@H](C)[C@@H](O)[C@@H]1OC(=O)/C(CCCCCC)=C/c2csc(n2)[C@H](C)[C@@H](O)C[C@H](O)/C=C/C=C\C[C@@H]1O. The first kappa shape index (κ1) is 37.8. The van der Waals surface area contributed by atoms with Crippen LogP contribution in [0.1, 0.15) is 103 Å². The van der Waals surface area contributed by atoms with Crippen LogP contribution in [0.2, 0.25) is 0 Å². The highest BCUT2D eigenvalue weighted by atomic mass is 32.1. The topological polar surface area (TPSA) is 140 Å². The van der Waals surface area contributed by atoms with Crippen molar-refractivity contribution < 1.29 is 35.1 Å². The lowest BCUT2D eigenvalue weighted by atomic mass is 9.87. The molecule has 0 saturated carbocycles. The first-order valence-electron chi connectivity index (χ1n) is 15.8. The van der Waals surface area contributed by atoms with E-state index in [9.17, 15) is 30.3 Å². The second-order valence-corrected chi connectivity index (χ2v) is 12.8. The van der Waals surface area contributed by atoms with Gasteiger partial charge in [0, 0.05) is 29.2 Å². The molecule has 8 atom stereocenters. The molecule has 2 rings (SSSR count). The monoisotopic (exact) mass is 631 g/mol. The van der Waals surface area contributed by atoms with Gasteiger partial charge < -0.3 is 30.3 Å². The summed E-state index contributed by atoms with van der Waals surface area (Å²) in [5.74, 6) is -1.73. The number of ether oxygens (including phenoxy) is 1. The Labute approximate surface area is 267 Å². The minimum Gasteiger partial charge on any atom is -0.453 e. The number of aromatic nitrogens is 1.